The molecule has 0 unspecified atom stereocenters. The van der Waals surface area contributed by atoms with Crippen molar-refractivity contribution < 1.29 is 19.2 Å². The molecule has 2 heterocycles. The van der Waals surface area contributed by atoms with Gasteiger partial charge in [-0.3, -0.25) is 19.2 Å². The molecule has 30 heavy (non-hydrogen) atoms. The average Bonchev–Trinajstić information content (AvgIpc) is 3.28. The number of carbonyl (C=O) groups is 4. The van der Waals surface area contributed by atoms with E-state index in [0.717, 1.165) is 12.0 Å². The average molecular weight is 414 g/mol. The second-order valence-corrected chi connectivity index (χ2v) is 8.64. The highest BCUT2D eigenvalue weighted by atomic mass is 16.2. The molecule has 1 N–H and O–H groups in total. The van der Waals surface area contributed by atoms with E-state index in [4.69, 9.17) is 0 Å². The van der Waals surface area contributed by atoms with Gasteiger partial charge in [0.05, 0.1) is 11.8 Å². The molecule has 0 radical (unpaired) electrons. The molecule has 162 valence electrons. The highest BCUT2D eigenvalue weighted by Crippen LogP contribution is 2.29. The number of hydrogen-bond donors (Lipinski definition) is 1. The molecule has 2 fully saturated rings. The summed E-state index contributed by atoms with van der Waals surface area (Å²) in [6.07, 6.45) is 1.83. The molecule has 1 aromatic rings. The summed E-state index contributed by atoms with van der Waals surface area (Å²) in [6.45, 7) is 6.17. The van der Waals surface area contributed by atoms with Crippen LogP contribution >= 0.6 is 0 Å². The van der Waals surface area contributed by atoms with Crippen LogP contribution in [0.1, 0.15) is 32.3 Å². The van der Waals surface area contributed by atoms with Gasteiger partial charge in [0.25, 0.3) is 5.91 Å². The van der Waals surface area contributed by atoms with Crippen LogP contribution in [-0.2, 0) is 25.6 Å². The second kappa shape index (κ2) is 9.87. The number of benzene rings is 1. The standard InChI is InChI=1S/C23H31N3O4/c1-16(2)14-24-22(29)21(28)19-15-26(12-11-25-10-6-9-20(25)27)23(30)18(19)13-17-7-4-3-5-8-17/h3-5,7-8,16,18-19H,6,9-15H2,1-2H3,(H,24,29)/t18-,19+/m1/s1. The summed E-state index contributed by atoms with van der Waals surface area (Å²) in [5.74, 6) is -2.12. The molecule has 3 amide bonds. The monoisotopic (exact) mass is 413 g/mol. The maximum absolute atomic E-state index is 13.1. The minimum atomic E-state index is -0.667. The minimum Gasteiger partial charge on any atom is -0.349 e. The van der Waals surface area contributed by atoms with Gasteiger partial charge in [0, 0.05) is 39.1 Å². The fraction of sp³-hybridized carbons (Fsp3) is 0.565. The summed E-state index contributed by atoms with van der Waals surface area (Å²) in [5, 5.41) is 2.68. The zero-order valence-corrected chi connectivity index (χ0v) is 17.8. The Kier molecular flexibility index (Phi) is 7.24. The van der Waals surface area contributed by atoms with Gasteiger partial charge in [0.2, 0.25) is 17.6 Å². The van der Waals surface area contributed by atoms with Crippen LogP contribution in [0.25, 0.3) is 0 Å². The normalized spacial score (nSPS) is 21.6. The molecule has 0 aromatic heterocycles. The number of ketones is 1. The quantitative estimate of drug-likeness (QED) is 0.618. The smallest absolute Gasteiger partial charge is 0.287 e. The van der Waals surface area contributed by atoms with Gasteiger partial charge in [0.1, 0.15) is 0 Å². The Morgan fingerprint density at radius 2 is 1.80 bits per heavy atom. The Morgan fingerprint density at radius 1 is 1.10 bits per heavy atom. The molecule has 2 saturated heterocycles. The van der Waals surface area contributed by atoms with E-state index in [-0.39, 0.29) is 24.3 Å². The van der Waals surface area contributed by atoms with E-state index >= 15 is 0 Å². The van der Waals surface area contributed by atoms with E-state index in [1.54, 1.807) is 9.80 Å². The van der Waals surface area contributed by atoms with Gasteiger partial charge in [-0.2, -0.15) is 0 Å². The Labute approximate surface area is 177 Å². The van der Waals surface area contributed by atoms with Crippen molar-refractivity contribution in [3.63, 3.8) is 0 Å². The Morgan fingerprint density at radius 3 is 2.43 bits per heavy atom. The molecule has 7 nitrogen and oxygen atoms in total. The van der Waals surface area contributed by atoms with Gasteiger partial charge >= 0.3 is 0 Å². The zero-order valence-electron chi connectivity index (χ0n) is 17.8. The third kappa shape index (κ3) is 5.26. The van der Waals surface area contributed by atoms with Crippen LogP contribution in [-0.4, -0.2) is 66.0 Å². The Balaban J connectivity index is 1.71. The van der Waals surface area contributed by atoms with E-state index in [9.17, 15) is 19.2 Å². The largest absolute Gasteiger partial charge is 0.349 e. The minimum absolute atomic E-state index is 0.111. The number of Topliss-reactive ketones (excluding diaryl/α,β-unsaturated/α-hetero) is 1. The Hall–Kier alpha value is -2.70. The van der Waals surface area contributed by atoms with E-state index in [0.29, 0.717) is 39.0 Å². The molecule has 2 aliphatic rings. The van der Waals surface area contributed by atoms with E-state index in [1.165, 1.54) is 0 Å². The van der Waals surface area contributed by atoms with Crippen LogP contribution < -0.4 is 5.32 Å². The van der Waals surface area contributed by atoms with Crippen molar-refractivity contribution in [2.75, 3.05) is 32.7 Å². The first-order valence-electron chi connectivity index (χ1n) is 10.8. The third-order valence-corrected chi connectivity index (χ3v) is 5.87. The molecule has 1 aromatic carbocycles. The van der Waals surface area contributed by atoms with E-state index in [2.05, 4.69) is 5.32 Å². The summed E-state index contributed by atoms with van der Waals surface area (Å²) in [7, 11) is 0. The maximum Gasteiger partial charge on any atom is 0.287 e. The van der Waals surface area contributed by atoms with Crippen LogP contribution in [0.3, 0.4) is 0 Å². The molecule has 0 aliphatic carbocycles. The molecule has 0 spiro atoms. The number of rotatable bonds is 9. The number of nitrogens with one attached hydrogen (secondary N) is 1. The molecule has 0 saturated carbocycles. The van der Waals surface area contributed by atoms with Crippen LogP contribution in [0.5, 0.6) is 0 Å². The topological polar surface area (TPSA) is 86.8 Å². The van der Waals surface area contributed by atoms with E-state index in [1.807, 2.05) is 44.2 Å². The number of carbonyl (C=O) groups excluding carboxylic acids is 4. The van der Waals surface area contributed by atoms with Crippen LogP contribution in [0, 0.1) is 17.8 Å². The Bertz CT molecular complexity index is 793. The summed E-state index contributed by atoms with van der Waals surface area (Å²) < 4.78 is 0. The van der Waals surface area contributed by atoms with Crippen LogP contribution in [0.15, 0.2) is 30.3 Å². The molecule has 3 rings (SSSR count). The van der Waals surface area contributed by atoms with Crippen molar-refractivity contribution in [2.45, 2.75) is 33.1 Å². The van der Waals surface area contributed by atoms with Crippen molar-refractivity contribution in [1.82, 2.24) is 15.1 Å². The highest BCUT2D eigenvalue weighted by Gasteiger charge is 2.45. The first-order chi connectivity index (χ1) is 14.4. The van der Waals surface area contributed by atoms with Gasteiger partial charge in [0.15, 0.2) is 0 Å². The first-order valence-corrected chi connectivity index (χ1v) is 10.8. The molecule has 7 heteroatoms. The number of hydrogen-bond acceptors (Lipinski definition) is 4. The van der Waals surface area contributed by atoms with E-state index < -0.39 is 23.5 Å². The highest BCUT2D eigenvalue weighted by molar-refractivity contribution is 6.37. The van der Waals surface area contributed by atoms with Crippen LogP contribution in [0.4, 0.5) is 0 Å². The van der Waals surface area contributed by atoms with Gasteiger partial charge in [-0.05, 0) is 24.3 Å². The number of likely N-dealkylation sites (tertiary alicyclic amines) is 2. The van der Waals surface area contributed by atoms with Gasteiger partial charge in [-0.25, -0.2) is 0 Å². The lowest BCUT2D eigenvalue weighted by molar-refractivity contribution is -0.141. The molecule has 2 aliphatic heterocycles. The lowest BCUT2D eigenvalue weighted by Crippen LogP contribution is -2.40. The van der Waals surface area contributed by atoms with Gasteiger partial charge in [-0.15, -0.1) is 0 Å². The third-order valence-electron chi connectivity index (χ3n) is 5.87. The molecule has 0 bridgehead atoms. The second-order valence-electron chi connectivity index (χ2n) is 8.64. The lowest BCUT2D eigenvalue weighted by Gasteiger charge is -2.21. The fourth-order valence-corrected chi connectivity index (χ4v) is 4.16. The molecular weight excluding hydrogens is 382 g/mol. The maximum atomic E-state index is 13.1. The van der Waals surface area contributed by atoms with Crippen molar-refractivity contribution >= 4 is 23.5 Å². The first kappa shape index (κ1) is 22.0. The zero-order chi connectivity index (χ0) is 21.7. The van der Waals surface area contributed by atoms with Crippen LogP contribution in [0.2, 0.25) is 0 Å². The van der Waals surface area contributed by atoms with Crippen molar-refractivity contribution in [2.24, 2.45) is 17.8 Å². The summed E-state index contributed by atoms with van der Waals surface area (Å²) >= 11 is 0. The summed E-state index contributed by atoms with van der Waals surface area (Å²) in [4.78, 5) is 53.7. The predicted octanol–water partition coefficient (Wildman–Crippen LogP) is 1.27. The fourth-order valence-electron chi connectivity index (χ4n) is 4.16. The SMILES string of the molecule is CC(C)CNC(=O)C(=O)[C@H]1CN(CCN2CCCC2=O)C(=O)[C@@H]1Cc1ccccc1. The number of nitrogens with zero attached hydrogens (tertiary/aromatic N) is 2. The van der Waals surface area contributed by atoms with Crippen molar-refractivity contribution in [3.8, 4) is 0 Å². The molecular formula is C23H31N3O4. The summed E-state index contributed by atoms with van der Waals surface area (Å²) in [5.41, 5.74) is 0.966. The lowest BCUT2D eigenvalue weighted by atomic mass is 9.86. The predicted molar refractivity (Wildman–Crippen MR) is 112 cm³/mol. The number of amides is 3. The molecule has 2 atom stereocenters. The van der Waals surface area contributed by atoms with Gasteiger partial charge in [-0.1, -0.05) is 44.2 Å². The van der Waals surface area contributed by atoms with Crippen molar-refractivity contribution in [3.05, 3.63) is 35.9 Å². The van der Waals surface area contributed by atoms with Gasteiger partial charge < -0.3 is 15.1 Å². The van der Waals surface area contributed by atoms with Crippen molar-refractivity contribution in [1.29, 1.82) is 0 Å². The summed E-state index contributed by atoms with van der Waals surface area (Å²) in [6, 6.07) is 9.56.